The predicted molar refractivity (Wildman–Crippen MR) is 102 cm³/mol. The van der Waals surface area contributed by atoms with Gasteiger partial charge in [0.05, 0.1) is 6.61 Å². The van der Waals surface area contributed by atoms with Gasteiger partial charge in [0.15, 0.2) is 17.8 Å². The molecule has 0 spiro atoms. The summed E-state index contributed by atoms with van der Waals surface area (Å²) in [5.74, 6) is -0.158. The quantitative estimate of drug-likeness (QED) is 0.808. The number of hydrogen-bond acceptors (Lipinski definition) is 5. The van der Waals surface area contributed by atoms with E-state index in [1.54, 1.807) is 13.8 Å². The zero-order chi connectivity index (χ0) is 19.4. The fraction of sp³-hybridized carbons (Fsp3) is 0.545. The maximum absolute atomic E-state index is 13.2. The number of carbonyl (C=O) groups excluding carboxylic acids is 2. The van der Waals surface area contributed by atoms with E-state index >= 15 is 0 Å². The molecule has 3 atom stereocenters. The highest BCUT2D eigenvalue weighted by molar-refractivity contribution is 6.27. The summed E-state index contributed by atoms with van der Waals surface area (Å²) in [7, 11) is 0. The molecule has 1 aromatic carbocycles. The largest absolute Gasteiger partial charge is 0.380 e. The van der Waals surface area contributed by atoms with E-state index in [4.69, 9.17) is 4.74 Å². The van der Waals surface area contributed by atoms with Crippen molar-refractivity contribution in [2.45, 2.75) is 58.3 Å². The van der Waals surface area contributed by atoms with Crippen LogP contribution < -0.4 is 4.90 Å². The summed E-state index contributed by atoms with van der Waals surface area (Å²) in [5, 5.41) is 11.2. The molecule has 2 heterocycles. The first kappa shape index (κ1) is 18.4. The number of Topliss-reactive ketones (excluding diaryl/α,β-unsaturated/α-hetero) is 2. The lowest BCUT2D eigenvalue weighted by Crippen LogP contribution is -2.50. The van der Waals surface area contributed by atoms with Crippen molar-refractivity contribution in [2.75, 3.05) is 18.1 Å². The fourth-order valence-electron chi connectivity index (χ4n) is 4.88. The minimum absolute atomic E-state index is 0.0654. The molecule has 1 aromatic rings. The van der Waals surface area contributed by atoms with Crippen molar-refractivity contribution < 1.29 is 19.4 Å². The standard InChI is InChI=1S/C22H27NO4/c1-4-5-8-15-14(2)18(24)21(3,19(15)25)13-23-17-10-7-6-9-16(17)22(26)11-12-27-20(22)23/h6-7,9-10,20,26H,4-5,8,11-13H2,1-3H3/t20-,21+,22+/m0/s1. The summed E-state index contributed by atoms with van der Waals surface area (Å²) in [6.07, 6.45) is 2.51. The van der Waals surface area contributed by atoms with E-state index in [1.807, 2.05) is 29.2 Å². The van der Waals surface area contributed by atoms with Crippen LogP contribution in [0.2, 0.25) is 0 Å². The summed E-state index contributed by atoms with van der Waals surface area (Å²) in [6, 6.07) is 7.65. The van der Waals surface area contributed by atoms with Crippen LogP contribution in [0.1, 0.15) is 52.0 Å². The molecular formula is C22H27NO4. The third-order valence-electron chi connectivity index (χ3n) is 6.47. The Morgan fingerprint density at radius 2 is 2.00 bits per heavy atom. The number of anilines is 1. The molecule has 3 aliphatic rings. The molecule has 1 aliphatic carbocycles. The van der Waals surface area contributed by atoms with Crippen molar-refractivity contribution in [1.82, 2.24) is 0 Å². The highest BCUT2D eigenvalue weighted by Crippen LogP contribution is 2.51. The van der Waals surface area contributed by atoms with E-state index in [-0.39, 0.29) is 18.1 Å². The maximum atomic E-state index is 13.2. The van der Waals surface area contributed by atoms with E-state index in [1.165, 1.54) is 0 Å². The second-order valence-corrected chi connectivity index (χ2v) is 8.24. The van der Waals surface area contributed by atoms with Crippen molar-refractivity contribution in [3.05, 3.63) is 41.0 Å². The molecule has 27 heavy (non-hydrogen) atoms. The van der Waals surface area contributed by atoms with Gasteiger partial charge in [0.25, 0.3) is 0 Å². The van der Waals surface area contributed by atoms with Gasteiger partial charge in [-0.1, -0.05) is 31.5 Å². The molecule has 0 aromatic heterocycles. The first-order valence-corrected chi connectivity index (χ1v) is 9.84. The van der Waals surface area contributed by atoms with Crippen molar-refractivity contribution >= 4 is 17.3 Å². The number of hydrogen-bond donors (Lipinski definition) is 1. The summed E-state index contributed by atoms with van der Waals surface area (Å²) in [5.41, 5.74) is 0.754. The van der Waals surface area contributed by atoms with E-state index in [0.717, 1.165) is 24.1 Å². The molecule has 1 saturated heterocycles. The summed E-state index contributed by atoms with van der Waals surface area (Å²) in [6.45, 7) is 6.28. The minimum atomic E-state index is -1.13. The van der Waals surface area contributed by atoms with Gasteiger partial charge < -0.3 is 14.7 Å². The number of unbranched alkanes of at least 4 members (excludes halogenated alkanes) is 1. The zero-order valence-corrected chi connectivity index (χ0v) is 16.2. The third-order valence-corrected chi connectivity index (χ3v) is 6.47. The van der Waals surface area contributed by atoms with Gasteiger partial charge in [-0.3, -0.25) is 9.59 Å². The van der Waals surface area contributed by atoms with E-state index in [2.05, 4.69) is 6.92 Å². The molecule has 0 bridgehead atoms. The number of allylic oxidation sites excluding steroid dienone is 2. The Hall–Kier alpha value is -1.98. The monoisotopic (exact) mass is 369 g/mol. The molecule has 0 radical (unpaired) electrons. The van der Waals surface area contributed by atoms with Crippen molar-refractivity contribution in [2.24, 2.45) is 5.41 Å². The van der Waals surface area contributed by atoms with Crippen LogP contribution in [-0.4, -0.2) is 36.1 Å². The third kappa shape index (κ3) is 2.44. The lowest BCUT2D eigenvalue weighted by molar-refractivity contribution is -0.133. The molecule has 0 unspecified atom stereocenters. The smallest absolute Gasteiger partial charge is 0.174 e. The SMILES string of the molecule is CCCCC1=C(C)C(=O)[C@@](C)(CN2c3ccccc3[C@]3(O)CCO[C@H]23)C1=O. The van der Waals surface area contributed by atoms with E-state index in [0.29, 0.717) is 30.6 Å². The van der Waals surface area contributed by atoms with Crippen LogP contribution >= 0.6 is 0 Å². The van der Waals surface area contributed by atoms with Crippen molar-refractivity contribution in [1.29, 1.82) is 0 Å². The second-order valence-electron chi connectivity index (χ2n) is 8.24. The molecule has 1 N–H and O–H groups in total. The number of ketones is 2. The van der Waals surface area contributed by atoms with Gasteiger partial charge in [0.2, 0.25) is 0 Å². The van der Waals surface area contributed by atoms with Crippen LogP contribution in [0.15, 0.2) is 35.4 Å². The van der Waals surface area contributed by atoms with Crippen LogP contribution in [0, 0.1) is 5.41 Å². The van der Waals surface area contributed by atoms with Crippen LogP contribution in [0.4, 0.5) is 5.69 Å². The molecule has 0 amide bonds. The van der Waals surface area contributed by atoms with E-state index in [9.17, 15) is 14.7 Å². The van der Waals surface area contributed by atoms with Crippen LogP contribution in [-0.2, 0) is 19.9 Å². The Morgan fingerprint density at radius 3 is 2.74 bits per heavy atom. The summed E-state index contributed by atoms with van der Waals surface area (Å²) in [4.78, 5) is 28.2. The van der Waals surface area contributed by atoms with Gasteiger partial charge >= 0.3 is 0 Å². The number of nitrogens with zero attached hydrogens (tertiary/aromatic N) is 1. The predicted octanol–water partition coefficient (Wildman–Crippen LogP) is 3.11. The Bertz CT molecular complexity index is 844. The van der Waals surface area contributed by atoms with Gasteiger partial charge in [-0.2, -0.15) is 0 Å². The number of benzene rings is 1. The van der Waals surface area contributed by atoms with Gasteiger partial charge in [-0.15, -0.1) is 0 Å². The number of carbonyl (C=O) groups is 2. The Labute approximate surface area is 160 Å². The first-order valence-electron chi connectivity index (χ1n) is 9.84. The van der Waals surface area contributed by atoms with Crippen LogP contribution in [0.5, 0.6) is 0 Å². The summed E-state index contributed by atoms with van der Waals surface area (Å²) < 4.78 is 5.86. The molecule has 5 nitrogen and oxygen atoms in total. The van der Waals surface area contributed by atoms with Crippen molar-refractivity contribution in [3.63, 3.8) is 0 Å². The highest BCUT2D eigenvalue weighted by atomic mass is 16.5. The molecule has 1 fully saturated rings. The molecule has 0 saturated carbocycles. The van der Waals surface area contributed by atoms with E-state index < -0.39 is 17.2 Å². The van der Waals surface area contributed by atoms with Gasteiger partial charge in [0.1, 0.15) is 11.0 Å². The Kier molecular flexibility index (Phi) is 4.28. The maximum Gasteiger partial charge on any atom is 0.174 e. The normalized spacial score (nSPS) is 32.4. The van der Waals surface area contributed by atoms with Gasteiger partial charge in [-0.05, 0) is 38.3 Å². The zero-order valence-electron chi connectivity index (χ0n) is 16.2. The minimum Gasteiger partial charge on any atom is -0.380 e. The van der Waals surface area contributed by atoms with Gasteiger partial charge in [-0.25, -0.2) is 0 Å². The summed E-state index contributed by atoms with van der Waals surface area (Å²) >= 11 is 0. The lowest BCUT2D eigenvalue weighted by Gasteiger charge is -2.34. The van der Waals surface area contributed by atoms with Crippen LogP contribution in [0.3, 0.4) is 0 Å². The number of para-hydroxylation sites is 1. The molecule has 5 heteroatoms. The number of rotatable bonds is 5. The molecular weight excluding hydrogens is 342 g/mol. The van der Waals surface area contributed by atoms with Crippen LogP contribution in [0.25, 0.3) is 0 Å². The molecule has 2 aliphatic heterocycles. The molecule has 144 valence electrons. The van der Waals surface area contributed by atoms with Gasteiger partial charge in [0, 0.05) is 29.8 Å². The first-order chi connectivity index (χ1) is 12.8. The molecule has 4 rings (SSSR count). The number of fused-ring (bicyclic) bond motifs is 3. The fourth-order valence-corrected chi connectivity index (χ4v) is 4.88. The number of aliphatic hydroxyl groups is 1. The second kappa shape index (κ2) is 6.28. The highest BCUT2D eigenvalue weighted by Gasteiger charge is 2.58. The van der Waals surface area contributed by atoms with Crippen molar-refractivity contribution in [3.8, 4) is 0 Å². The number of ether oxygens (including phenoxy) is 1. The topological polar surface area (TPSA) is 66.8 Å². The Morgan fingerprint density at radius 1 is 1.26 bits per heavy atom. The average Bonchev–Trinajstić information content (AvgIpc) is 3.20. The average molecular weight is 369 g/mol. The lowest BCUT2D eigenvalue weighted by atomic mass is 9.82. The Balaban J connectivity index is 1.68.